The van der Waals surface area contributed by atoms with E-state index in [-0.39, 0.29) is 5.82 Å². The second-order valence-electron chi connectivity index (χ2n) is 5.22. The summed E-state index contributed by atoms with van der Waals surface area (Å²) in [5, 5.41) is 10.8. The molecular formula is C17H19ClFNO. The Morgan fingerprint density at radius 1 is 1.19 bits per heavy atom. The van der Waals surface area contributed by atoms with Gasteiger partial charge in [0.2, 0.25) is 0 Å². The fourth-order valence-corrected chi connectivity index (χ4v) is 2.43. The summed E-state index contributed by atoms with van der Waals surface area (Å²) < 4.78 is 12.8. The van der Waals surface area contributed by atoms with Crippen LogP contribution in [0.15, 0.2) is 48.5 Å². The second kappa shape index (κ2) is 7.55. The van der Waals surface area contributed by atoms with Gasteiger partial charge in [0, 0.05) is 18.1 Å². The van der Waals surface area contributed by atoms with Crippen molar-refractivity contribution in [2.24, 2.45) is 0 Å². The van der Waals surface area contributed by atoms with Gasteiger partial charge in [-0.3, -0.25) is 0 Å². The first-order chi connectivity index (χ1) is 10.0. The molecule has 0 heterocycles. The predicted octanol–water partition coefficient (Wildman–Crippen LogP) is 4.03. The highest BCUT2D eigenvalue weighted by Gasteiger charge is 2.09. The van der Waals surface area contributed by atoms with Crippen LogP contribution in [0.25, 0.3) is 0 Å². The van der Waals surface area contributed by atoms with Crippen molar-refractivity contribution in [3.8, 4) is 0 Å². The zero-order valence-corrected chi connectivity index (χ0v) is 12.7. The average Bonchev–Trinajstić information content (AvgIpc) is 2.45. The first-order valence-corrected chi connectivity index (χ1v) is 7.29. The van der Waals surface area contributed by atoms with Crippen LogP contribution in [0.1, 0.15) is 23.7 Å². The number of benzene rings is 2. The molecule has 0 spiro atoms. The minimum atomic E-state index is -0.576. The molecule has 2 nitrogen and oxygen atoms in total. The van der Waals surface area contributed by atoms with Crippen molar-refractivity contribution in [3.63, 3.8) is 0 Å². The molecule has 2 rings (SSSR count). The summed E-state index contributed by atoms with van der Waals surface area (Å²) in [6.07, 6.45) is 0.0234. The maximum Gasteiger partial charge on any atom is 0.123 e. The van der Waals surface area contributed by atoms with Gasteiger partial charge in [-0.15, -0.1) is 0 Å². The molecule has 4 heteroatoms. The van der Waals surface area contributed by atoms with Gasteiger partial charge in [-0.25, -0.2) is 4.39 Å². The van der Waals surface area contributed by atoms with E-state index in [4.69, 9.17) is 11.6 Å². The lowest BCUT2D eigenvalue weighted by Crippen LogP contribution is -2.20. The van der Waals surface area contributed by atoms with Crippen molar-refractivity contribution in [1.82, 2.24) is 4.90 Å². The molecule has 2 aromatic carbocycles. The molecule has 1 N–H and O–H groups in total. The molecule has 21 heavy (non-hydrogen) atoms. The van der Waals surface area contributed by atoms with Crippen molar-refractivity contribution < 1.29 is 9.50 Å². The Hall–Kier alpha value is -1.42. The summed E-state index contributed by atoms with van der Waals surface area (Å²) in [6, 6.07) is 13.7. The van der Waals surface area contributed by atoms with Crippen LogP contribution in [-0.2, 0) is 6.54 Å². The van der Waals surface area contributed by atoms with Gasteiger partial charge in [0.1, 0.15) is 5.82 Å². The molecule has 1 unspecified atom stereocenters. The fraction of sp³-hybridized carbons (Fsp3) is 0.294. The van der Waals surface area contributed by atoms with Gasteiger partial charge in [0.15, 0.2) is 0 Å². The monoisotopic (exact) mass is 307 g/mol. The number of hydrogen-bond acceptors (Lipinski definition) is 2. The summed E-state index contributed by atoms with van der Waals surface area (Å²) >= 11 is 5.96. The molecule has 0 fully saturated rings. The maximum atomic E-state index is 12.8. The van der Waals surface area contributed by atoms with Gasteiger partial charge in [-0.1, -0.05) is 35.9 Å². The zero-order chi connectivity index (χ0) is 15.2. The summed E-state index contributed by atoms with van der Waals surface area (Å²) in [5.74, 6) is -0.288. The Labute approximate surface area is 129 Å². The van der Waals surface area contributed by atoms with Crippen LogP contribution in [0.4, 0.5) is 4.39 Å². The van der Waals surface area contributed by atoms with Crippen molar-refractivity contribution in [3.05, 3.63) is 70.5 Å². The minimum absolute atomic E-state index is 0.288. The molecule has 0 saturated carbocycles. The Kier molecular flexibility index (Phi) is 5.74. The van der Waals surface area contributed by atoms with E-state index in [0.29, 0.717) is 6.42 Å². The number of nitrogens with zero attached hydrogens (tertiary/aromatic N) is 1. The molecule has 0 aromatic heterocycles. The summed E-state index contributed by atoms with van der Waals surface area (Å²) in [4.78, 5) is 2.12. The molecule has 2 aromatic rings. The molecule has 0 aliphatic rings. The van der Waals surface area contributed by atoms with E-state index in [1.165, 1.54) is 12.1 Å². The van der Waals surface area contributed by atoms with Gasteiger partial charge in [-0.2, -0.15) is 0 Å². The highest BCUT2D eigenvalue weighted by atomic mass is 35.5. The molecule has 112 valence electrons. The number of hydrogen-bond donors (Lipinski definition) is 1. The predicted molar refractivity (Wildman–Crippen MR) is 83.8 cm³/mol. The van der Waals surface area contributed by atoms with Crippen molar-refractivity contribution in [2.45, 2.75) is 19.1 Å². The first kappa shape index (κ1) is 16.0. The van der Waals surface area contributed by atoms with Crippen LogP contribution in [0.2, 0.25) is 5.02 Å². The van der Waals surface area contributed by atoms with E-state index >= 15 is 0 Å². The van der Waals surface area contributed by atoms with Gasteiger partial charge < -0.3 is 10.0 Å². The smallest absolute Gasteiger partial charge is 0.123 e. The first-order valence-electron chi connectivity index (χ1n) is 6.91. The SMILES string of the molecule is CN(CCC(O)c1ccc(F)cc1)Cc1cccc(Cl)c1. The third-order valence-electron chi connectivity index (χ3n) is 3.38. The molecule has 0 radical (unpaired) electrons. The lowest BCUT2D eigenvalue weighted by molar-refractivity contribution is 0.147. The normalized spacial score (nSPS) is 12.6. The molecule has 0 amide bonds. The maximum absolute atomic E-state index is 12.8. The third kappa shape index (κ3) is 5.12. The topological polar surface area (TPSA) is 23.5 Å². The van der Waals surface area contributed by atoms with E-state index in [1.807, 2.05) is 31.3 Å². The number of rotatable bonds is 6. The van der Waals surface area contributed by atoms with Crippen LogP contribution in [0, 0.1) is 5.82 Å². The van der Waals surface area contributed by atoms with E-state index in [2.05, 4.69) is 4.90 Å². The lowest BCUT2D eigenvalue weighted by Gasteiger charge is -2.19. The van der Waals surface area contributed by atoms with Crippen LogP contribution >= 0.6 is 11.6 Å². The molecule has 0 aliphatic heterocycles. The van der Waals surface area contributed by atoms with Gasteiger partial charge >= 0.3 is 0 Å². The Balaban J connectivity index is 1.83. The Morgan fingerprint density at radius 2 is 1.90 bits per heavy atom. The summed E-state index contributed by atoms with van der Waals surface area (Å²) in [6.45, 7) is 1.52. The standard InChI is InChI=1S/C17H19ClFNO/c1-20(12-13-3-2-4-15(18)11-13)10-9-17(21)14-5-7-16(19)8-6-14/h2-8,11,17,21H,9-10,12H2,1H3. The highest BCUT2D eigenvalue weighted by molar-refractivity contribution is 6.30. The van der Waals surface area contributed by atoms with Crippen LogP contribution < -0.4 is 0 Å². The van der Waals surface area contributed by atoms with Crippen LogP contribution in [0.5, 0.6) is 0 Å². The van der Waals surface area contributed by atoms with Crippen molar-refractivity contribution >= 4 is 11.6 Å². The largest absolute Gasteiger partial charge is 0.388 e. The average molecular weight is 308 g/mol. The van der Waals surface area contributed by atoms with Gasteiger partial charge in [-0.05, 0) is 48.9 Å². The molecule has 1 atom stereocenters. The number of aliphatic hydroxyl groups excluding tert-OH is 1. The third-order valence-corrected chi connectivity index (χ3v) is 3.62. The van der Waals surface area contributed by atoms with E-state index < -0.39 is 6.10 Å². The van der Waals surface area contributed by atoms with E-state index in [9.17, 15) is 9.50 Å². The van der Waals surface area contributed by atoms with Crippen LogP contribution in [-0.4, -0.2) is 23.6 Å². The van der Waals surface area contributed by atoms with E-state index in [0.717, 1.165) is 29.2 Å². The van der Waals surface area contributed by atoms with E-state index in [1.54, 1.807) is 12.1 Å². The molecule has 0 saturated heterocycles. The minimum Gasteiger partial charge on any atom is -0.388 e. The molecule has 0 bridgehead atoms. The Bertz CT molecular complexity index is 573. The number of aliphatic hydroxyl groups is 1. The quantitative estimate of drug-likeness (QED) is 0.871. The van der Waals surface area contributed by atoms with Crippen molar-refractivity contribution in [1.29, 1.82) is 0 Å². The van der Waals surface area contributed by atoms with Gasteiger partial charge in [0.05, 0.1) is 6.10 Å². The van der Waals surface area contributed by atoms with Crippen LogP contribution in [0.3, 0.4) is 0 Å². The summed E-state index contributed by atoms with van der Waals surface area (Å²) in [5.41, 5.74) is 1.88. The molecule has 0 aliphatic carbocycles. The highest BCUT2D eigenvalue weighted by Crippen LogP contribution is 2.18. The lowest BCUT2D eigenvalue weighted by atomic mass is 10.1. The zero-order valence-electron chi connectivity index (χ0n) is 12.0. The fourth-order valence-electron chi connectivity index (χ4n) is 2.22. The van der Waals surface area contributed by atoms with Crippen molar-refractivity contribution in [2.75, 3.05) is 13.6 Å². The number of halogens is 2. The summed E-state index contributed by atoms with van der Waals surface area (Å²) in [7, 11) is 2.00. The molecular weight excluding hydrogens is 289 g/mol. The Morgan fingerprint density at radius 3 is 2.57 bits per heavy atom. The van der Waals surface area contributed by atoms with Gasteiger partial charge in [0.25, 0.3) is 0 Å². The second-order valence-corrected chi connectivity index (χ2v) is 5.66.